The van der Waals surface area contributed by atoms with Crippen molar-refractivity contribution in [3.63, 3.8) is 0 Å². The van der Waals surface area contributed by atoms with Crippen LogP contribution in [0.1, 0.15) is 5.56 Å². The number of aromatic nitrogens is 1. The quantitative estimate of drug-likeness (QED) is 0.690. The third-order valence-electron chi connectivity index (χ3n) is 3.75. The van der Waals surface area contributed by atoms with Crippen molar-refractivity contribution in [2.45, 2.75) is 24.5 Å². The highest BCUT2D eigenvalue weighted by atomic mass is 16.6. The van der Waals surface area contributed by atoms with Crippen LogP contribution in [0.5, 0.6) is 0 Å². The molecule has 1 aromatic rings. The van der Waals surface area contributed by atoms with E-state index in [-0.39, 0.29) is 5.78 Å². The van der Waals surface area contributed by atoms with Gasteiger partial charge in [-0.1, -0.05) is 6.08 Å². The minimum Gasteiger partial charge on any atom is -0.384 e. The van der Waals surface area contributed by atoms with Gasteiger partial charge in [0, 0.05) is 17.8 Å². The molecule has 0 amide bonds. The van der Waals surface area contributed by atoms with Crippen molar-refractivity contribution in [1.29, 1.82) is 0 Å². The van der Waals surface area contributed by atoms with Crippen LogP contribution in [0.15, 0.2) is 36.2 Å². The molecular formula is C14H12N2O4. The van der Waals surface area contributed by atoms with Crippen LogP contribution in [0.3, 0.4) is 0 Å². The second-order valence-electron chi connectivity index (χ2n) is 5.00. The number of ketones is 1. The second-order valence-corrected chi connectivity index (χ2v) is 5.00. The fraction of sp³-hybridized carbons (Fsp3) is 0.286. The molecule has 1 aromatic heterocycles. The van der Waals surface area contributed by atoms with Crippen molar-refractivity contribution in [1.82, 2.24) is 4.98 Å². The zero-order valence-electron chi connectivity index (χ0n) is 10.4. The molecule has 102 valence electrons. The highest BCUT2D eigenvalue weighted by Gasteiger charge is 2.54. The first-order valence-corrected chi connectivity index (χ1v) is 6.36. The van der Waals surface area contributed by atoms with Gasteiger partial charge in [-0.05, 0) is 18.2 Å². The van der Waals surface area contributed by atoms with Gasteiger partial charge in [-0.3, -0.25) is 9.69 Å². The Morgan fingerprint density at radius 2 is 2.20 bits per heavy atom. The summed E-state index contributed by atoms with van der Waals surface area (Å²) in [7, 11) is 0. The van der Waals surface area contributed by atoms with E-state index in [0.29, 0.717) is 11.5 Å². The minimum atomic E-state index is -0.971. The van der Waals surface area contributed by atoms with E-state index in [2.05, 4.69) is 4.98 Å². The molecule has 2 aliphatic heterocycles. The monoisotopic (exact) mass is 272 g/mol. The van der Waals surface area contributed by atoms with Gasteiger partial charge >= 0.3 is 0 Å². The van der Waals surface area contributed by atoms with Crippen LogP contribution in [0, 0.1) is 0 Å². The van der Waals surface area contributed by atoms with Gasteiger partial charge in [-0.2, -0.15) is 0 Å². The van der Waals surface area contributed by atoms with Crippen LogP contribution in [0.2, 0.25) is 0 Å². The summed E-state index contributed by atoms with van der Waals surface area (Å²) in [6.07, 6.45) is 3.34. The Bertz CT molecular complexity index is 654. The SMILES string of the molecule is O=C1C=C(N2c3ncccc3C=CC2O)C(O)C2OC12. The Kier molecular flexibility index (Phi) is 2.35. The summed E-state index contributed by atoms with van der Waals surface area (Å²) in [6, 6.07) is 3.64. The van der Waals surface area contributed by atoms with Crippen LogP contribution in [0.25, 0.3) is 6.08 Å². The van der Waals surface area contributed by atoms with Crippen LogP contribution < -0.4 is 4.90 Å². The maximum absolute atomic E-state index is 11.8. The molecule has 0 spiro atoms. The molecule has 4 unspecified atom stereocenters. The van der Waals surface area contributed by atoms with E-state index in [0.717, 1.165) is 5.56 Å². The Hall–Kier alpha value is -2.02. The summed E-state index contributed by atoms with van der Waals surface area (Å²) in [4.78, 5) is 17.5. The Morgan fingerprint density at radius 3 is 3.05 bits per heavy atom. The number of carbonyl (C=O) groups is 1. The summed E-state index contributed by atoms with van der Waals surface area (Å²) in [5.41, 5.74) is 1.14. The normalized spacial score (nSPS) is 34.4. The maximum atomic E-state index is 11.8. The van der Waals surface area contributed by atoms with Crippen molar-refractivity contribution >= 4 is 17.7 Å². The van der Waals surface area contributed by atoms with E-state index >= 15 is 0 Å². The summed E-state index contributed by atoms with van der Waals surface area (Å²) in [5, 5.41) is 20.4. The highest BCUT2D eigenvalue weighted by molar-refractivity contribution is 5.98. The molecule has 1 aliphatic carbocycles. The first kappa shape index (κ1) is 11.8. The van der Waals surface area contributed by atoms with Gasteiger partial charge in [0.2, 0.25) is 0 Å². The van der Waals surface area contributed by atoms with Gasteiger partial charge in [0.05, 0.1) is 5.70 Å². The number of hydrogen-bond donors (Lipinski definition) is 2. The Labute approximate surface area is 114 Å². The number of pyridine rings is 1. The third-order valence-corrected chi connectivity index (χ3v) is 3.75. The fourth-order valence-corrected chi connectivity index (χ4v) is 2.70. The molecule has 2 N–H and O–H groups in total. The summed E-state index contributed by atoms with van der Waals surface area (Å²) < 4.78 is 5.15. The van der Waals surface area contributed by atoms with Crippen LogP contribution in [-0.2, 0) is 9.53 Å². The predicted molar refractivity (Wildman–Crippen MR) is 69.5 cm³/mol. The molecule has 1 fully saturated rings. The molecule has 6 nitrogen and oxygen atoms in total. The molecule has 6 heteroatoms. The van der Waals surface area contributed by atoms with Gasteiger partial charge < -0.3 is 14.9 Å². The molecule has 3 heterocycles. The number of carbonyl (C=O) groups excluding carboxylic acids is 1. The number of nitrogens with zero attached hydrogens (tertiary/aromatic N) is 2. The molecule has 4 atom stereocenters. The second kappa shape index (κ2) is 3.99. The van der Waals surface area contributed by atoms with Crippen molar-refractivity contribution < 1.29 is 19.7 Å². The highest BCUT2D eigenvalue weighted by Crippen LogP contribution is 2.39. The average molecular weight is 272 g/mol. The molecule has 4 rings (SSSR count). The molecule has 0 radical (unpaired) electrons. The van der Waals surface area contributed by atoms with Gasteiger partial charge in [0.1, 0.15) is 24.1 Å². The van der Waals surface area contributed by atoms with E-state index in [4.69, 9.17) is 4.74 Å². The van der Waals surface area contributed by atoms with Crippen molar-refractivity contribution in [2.75, 3.05) is 4.90 Å². The molecule has 20 heavy (non-hydrogen) atoms. The predicted octanol–water partition coefficient (Wildman–Crippen LogP) is -0.172. The summed E-state index contributed by atoms with van der Waals surface area (Å²) >= 11 is 0. The number of rotatable bonds is 1. The smallest absolute Gasteiger partial charge is 0.189 e. The van der Waals surface area contributed by atoms with Crippen LogP contribution in [0.4, 0.5) is 5.82 Å². The topological polar surface area (TPSA) is 86.2 Å². The fourth-order valence-electron chi connectivity index (χ4n) is 2.70. The standard InChI is InChI=1S/C14H12N2O4/c17-9-6-8(11(19)13-12(9)20-13)16-10(18)4-3-7-2-1-5-15-14(7)16/h1-6,10-13,18-19H. The van der Waals surface area contributed by atoms with Gasteiger partial charge in [0.25, 0.3) is 0 Å². The minimum absolute atomic E-state index is 0.186. The van der Waals surface area contributed by atoms with E-state index in [1.54, 1.807) is 24.4 Å². The number of ether oxygens (including phenoxy) is 1. The third kappa shape index (κ3) is 1.56. The first-order chi connectivity index (χ1) is 9.66. The lowest BCUT2D eigenvalue weighted by atomic mass is 9.98. The first-order valence-electron chi connectivity index (χ1n) is 6.36. The van der Waals surface area contributed by atoms with Crippen LogP contribution >= 0.6 is 0 Å². The molecule has 0 aromatic carbocycles. The lowest BCUT2D eigenvalue weighted by Crippen LogP contribution is -2.44. The average Bonchev–Trinajstić information content (AvgIpc) is 3.24. The van der Waals surface area contributed by atoms with Crippen LogP contribution in [-0.4, -0.2) is 45.5 Å². The maximum Gasteiger partial charge on any atom is 0.189 e. The number of epoxide rings is 1. The molecule has 1 saturated heterocycles. The number of aliphatic hydroxyl groups excluding tert-OH is 2. The zero-order valence-corrected chi connectivity index (χ0v) is 10.4. The van der Waals surface area contributed by atoms with Crippen molar-refractivity contribution in [2.24, 2.45) is 0 Å². The Balaban J connectivity index is 1.81. The number of fused-ring (bicyclic) bond motifs is 2. The number of hydrogen-bond acceptors (Lipinski definition) is 6. The number of anilines is 1. The van der Waals surface area contributed by atoms with Gasteiger partial charge in [-0.25, -0.2) is 4.98 Å². The molecular weight excluding hydrogens is 260 g/mol. The van der Waals surface area contributed by atoms with E-state index < -0.39 is 24.5 Å². The largest absolute Gasteiger partial charge is 0.384 e. The lowest BCUT2D eigenvalue weighted by Gasteiger charge is -2.35. The molecule has 0 saturated carbocycles. The lowest BCUT2D eigenvalue weighted by molar-refractivity contribution is -0.116. The van der Waals surface area contributed by atoms with E-state index in [1.807, 2.05) is 6.07 Å². The summed E-state index contributed by atoms with van der Waals surface area (Å²) in [6.45, 7) is 0. The summed E-state index contributed by atoms with van der Waals surface area (Å²) in [5.74, 6) is 0.328. The van der Waals surface area contributed by atoms with Crippen molar-refractivity contribution in [3.05, 3.63) is 41.7 Å². The zero-order chi connectivity index (χ0) is 13.9. The number of aliphatic hydroxyl groups is 2. The van der Waals surface area contributed by atoms with E-state index in [1.165, 1.54) is 11.0 Å². The van der Waals surface area contributed by atoms with E-state index in [9.17, 15) is 15.0 Å². The Morgan fingerprint density at radius 1 is 1.35 bits per heavy atom. The van der Waals surface area contributed by atoms with Gasteiger partial charge in [-0.15, -0.1) is 0 Å². The molecule has 3 aliphatic rings. The van der Waals surface area contributed by atoms with Crippen molar-refractivity contribution in [3.8, 4) is 0 Å². The van der Waals surface area contributed by atoms with Gasteiger partial charge in [0.15, 0.2) is 12.0 Å². The molecule has 0 bridgehead atoms.